The number of amides is 2. The van der Waals surface area contributed by atoms with Crippen LogP contribution in [-0.4, -0.2) is 56.5 Å². The Hall–Kier alpha value is -3.47. The third-order valence-corrected chi connectivity index (χ3v) is 9.19. The van der Waals surface area contributed by atoms with Gasteiger partial charge in [0.25, 0.3) is 10.0 Å². The van der Waals surface area contributed by atoms with E-state index in [1.807, 2.05) is 20.8 Å². The summed E-state index contributed by atoms with van der Waals surface area (Å²) < 4.78 is 40.4. The minimum absolute atomic E-state index is 0.00379. The zero-order valence-electron chi connectivity index (χ0n) is 24.5. The molecule has 1 aliphatic heterocycles. The number of halogens is 2. The number of carbonyl (C=O) groups is 2. The van der Waals surface area contributed by atoms with Gasteiger partial charge in [-0.05, 0) is 63.6 Å². The van der Waals surface area contributed by atoms with Crippen LogP contribution in [0.4, 0.5) is 5.69 Å². The molecule has 4 rings (SSSR count). The van der Waals surface area contributed by atoms with E-state index < -0.39 is 34.1 Å². The molecule has 1 aliphatic rings. The van der Waals surface area contributed by atoms with Gasteiger partial charge in [-0.2, -0.15) is 0 Å². The number of sulfonamides is 1. The van der Waals surface area contributed by atoms with Crippen LogP contribution >= 0.6 is 23.2 Å². The lowest BCUT2D eigenvalue weighted by Crippen LogP contribution is -2.55. The number of nitrogens with zero attached hydrogens (tertiary/aromatic N) is 2. The van der Waals surface area contributed by atoms with Crippen LogP contribution in [0.25, 0.3) is 0 Å². The molecule has 3 aromatic carbocycles. The molecule has 0 aliphatic carbocycles. The van der Waals surface area contributed by atoms with Crippen LogP contribution in [0, 0.1) is 0 Å². The molecule has 43 heavy (non-hydrogen) atoms. The van der Waals surface area contributed by atoms with Gasteiger partial charge >= 0.3 is 0 Å². The molecule has 1 N–H and O–H groups in total. The molecule has 1 atom stereocenters. The smallest absolute Gasteiger partial charge is 0.264 e. The number of rotatable bonds is 10. The van der Waals surface area contributed by atoms with Gasteiger partial charge in [0.05, 0.1) is 10.6 Å². The van der Waals surface area contributed by atoms with E-state index in [4.69, 9.17) is 32.7 Å². The number of ether oxygens (including phenoxy) is 2. The van der Waals surface area contributed by atoms with Crippen molar-refractivity contribution >= 4 is 50.7 Å². The number of carbonyl (C=O) groups excluding carboxylic acids is 2. The van der Waals surface area contributed by atoms with Crippen molar-refractivity contribution in [1.82, 2.24) is 10.2 Å². The molecule has 3 aromatic rings. The SMILES string of the molecule is CC[C@H](C(=O)NC(C)(C)C)N(Cc1c(Cl)cccc1Cl)C(=O)CN(c1ccc2c(c1)OCCO2)S(=O)(=O)c1ccccc1. The Morgan fingerprint density at radius 3 is 2.16 bits per heavy atom. The van der Waals surface area contributed by atoms with Crippen LogP contribution in [0.2, 0.25) is 10.0 Å². The molecular weight excluding hydrogens is 613 g/mol. The van der Waals surface area contributed by atoms with E-state index in [1.165, 1.54) is 23.1 Å². The Balaban J connectivity index is 1.79. The number of anilines is 1. The number of nitrogens with one attached hydrogen (secondary N) is 1. The summed E-state index contributed by atoms with van der Waals surface area (Å²) in [4.78, 5) is 29.1. The normalized spacial score (nSPS) is 13.6. The third kappa shape index (κ3) is 7.74. The number of hydrogen-bond acceptors (Lipinski definition) is 6. The third-order valence-electron chi connectivity index (χ3n) is 6.70. The largest absolute Gasteiger partial charge is 0.486 e. The molecule has 0 fully saturated rings. The highest BCUT2D eigenvalue weighted by molar-refractivity contribution is 7.92. The summed E-state index contributed by atoms with van der Waals surface area (Å²) in [5, 5.41) is 3.57. The van der Waals surface area contributed by atoms with Crippen molar-refractivity contribution in [2.24, 2.45) is 0 Å². The van der Waals surface area contributed by atoms with Gasteiger partial charge in [0, 0.05) is 33.8 Å². The van der Waals surface area contributed by atoms with E-state index in [0.717, 1.165) is 4.31 Å². The molecule has 0 spiro atoms. The lowest BCUT2D eigenvalue weighted by atomic mass is 10.1. The lowest BCUT2D eigenvalue weighted by Gasteiger charge is -2.35. The van der Waals surface area contributed by atoms with Gasteiger partial charge in [0.15, 0.2) is 11.5 Å². The van der Waals surface area contributed by atoms with Gasteiger partial charge < -0.3 is 19.7 Å². The van der Waals surface area contributed by atoms with E-state index in [1.54, 1.807) is 55.5 Å². The molecular formula is C31H35Cl2N3O6S. The Bertz CT molecular complexity index is 1560. The number of fused-ring (bicyclic) bond motifs is 1. The van der Waals surface area contributed by atoms with Gasteiger partial charge in [-0.15, -0.1) is 0 Å². The molecule has 2 amide bonds. The average molecular weight is 649 g/mol. The first-order chi connectivity index (χ1) is 20.3. The zero-order chi connectivity index (χ0) is 31.4. The van der Waals surface area contributed by atoms with Gasteiger partial charge in [0.1, 0.15) is 25.8 Å². The van der Waals surface area contributed by atoms with Crippen molar-refractivity contribution in [3.05, 3.63) is 82.3 Å². The van der Waals surface area contributed by atoms with Crippen LogP contribution in [-0.2, 0) is 26.2 Å². The minimum atomic E-state index is -4.24. The number of hydrogen-bond donors (Lipinski definition) is 1. The Labute approximate surface area is 262 Å². The molecule has 0 radical (unpaired) electrons. The van der Waals surface area contributed by atoms with E-state index in [-0.39, 0.29) is 29.5 Å². The average Bonchev–Trinajstić information content (AvgIpc) is 2.96. The fraction of sp³-hybridized carbons (Fsp3) is 0.355. The predicted octanol–water partition coefficient (Wildman–Crippen LogP) is 5.68. The minimum Gasteiger partial charge on any atom is -0.486 e. The zero-order valence-corrected chi connectivity index (χ0v) is 26.8. The van der Waals surface area contributed by atoms with Crippen LogP contribution in [0.1, 0.15) is 39.7 Å². The maximum Gasteiger partial charge on any atom is 0.264 e. The monoisotopic (exact) mass is 647 g/mol. The van der Waals surface area contributed by atoms with Gasteiger partial charge in [-0.1, -0.05) is 54.4 Å². The van der Waals surface area contributed by atoms with Gasteiger partial charge in [-0.3, -0.25) is 13.9 Å². The highest BCUT2D eigenvalue weighted by Crippen LogP contribution is 2.36. The highest BCUT2D eigenvalue weighted by Gasteiger charge is 2.35. The highest BCUT2D eigenvalue weighted by atomic mass is 35.5. The van der Waals surface area contributed by atoms with Crippen LogP contribution in [0.15, 0.2) is 71.6 Å². The summed E-state index contributed by atoms with van der Waals surface area (Å²) in [6.45, 7) is 7.23. The molecule has 0 saturated heterocycles. The van der Waals surface area contributed by atoms with Crippen molar-refractivity contribution in [3.63, 3.8) is 0 Å². The molecule has 0 saturated carbocycles. The second kappa shape index (κ2) is 13.4. The summed E-state index contributed by atoms with van der Waals surface area (Å²) >= 11 is 13.0. The number of benzene rings is 3. The van der Waals surface area contributed by atoms with E-state index in [0.29, 0.717) is 40.3 Å². The summed E-state index contributed by atoms with van der Waals surface area (Å²) in [6.07, 6.45) is 0.255. The maximum absolute atomic E-state index is 14.3. The van der Waals surface area contributed by atoms with Gasteiger partial charge in [-0.25, -0.2) is 8.42 Å². The molecule has 9 nitrogen and oxygen atoms in total. The molecule has 0 unspecified atom stereocenters. The lowest BCUT2D eigenvalue weighted by molar-refractivity contribution is -0.141. The molecule has 0 bridgehead atoms. The Kier molecular flexibility index (Phi) is 10.1. The quantitative estimate of drug-likeness (QED) is 0.303. The van der Waals surface area contributed by atoms with Crippen molar-refractivity contribution in [3.8, 4) is 11.5 Å². The second-order valence-corrected chi connectivity index (χ2v) is 13.7. The van der Waals surface area contributed by atoms with Gasteiger partial charge in [0.2, 0.25) is 11.8 Å². The summed E-state index contributed by atoms with van der Waals surface area (Å²) in [6, 6.07) is 16.5. The van der Waals surface area contributed by atoms with Crippen molar-refractivity contribution in [2.45, 2.75) is 57.1 Å². The van der Waals surface area contributed by atoms with Crippen molar-refractivity contribution in [1.29, 1.82) is 0 Å². The van der Waals surface area contributed by atoms with Crippen LogP contribution < -0.4 is 19.1 Å². The van der Waals surface area contributed by atoms with E-state index in [2.05, 4.69) is 5.32 Å². The van der Waals surface area contributed by atoms with Crippen molar-refractivity contribution in [2.75, 3.05) is 24.1 Å². The summed E-state index contributed by atoms with van der Waals surface area (Å²) in [5.41, 5.74) is 0.0668. The standard InChI is InChI=1S/C31H35Cl2N3O6S/c1-5-26(30(38)34-31(2,3)4)35(19-23-24(32)12-9-13-25(23)33)29(37)20-36(43(39,40)22-10-7-6-8-11-22)21-14-15-27-28(18-21)42-17-16-41-27/h6-15,18,26H,5,16-17,19-20H2,1-4H3,(H,34,38)/t26-/m1/s1. The summed E-state index contributed by atoms with van der Waals surface area (Å²) in [7, 11) is -4.24. The van der Waals surface area contributed by atoms with Crippen LogP contribution in [0.3, 0.4) is 0 Å². The van der Waals surface area contributed by atoms with Crippen LogP contribution in [0.5, 0.6) is 11.5 Å². The first kappa shape index (κ1) is 32.4. The van der Waals surface area contributed by atoms with Crippen molar-refractivity contribution < 1.29 is 27.5 Å². The fourth-order valence-corrected chi connectivity index (χ4v) is 6.61. The first-order valence-corrected chi connectivity index (χ1v) is 16.0. The molecule has 12 heteroatoms. The second-order valence-electron chi connectivity index (χ2n) is 11.0. The van der Waals surface area contributed by atoms with E-state index in [9.17, 15) is 18.0 Å². The molecule has 230 valence electrons. The summed E-state index contributed by atoms with van der Waals surface area (Å²) in [5.74, 6) is -0.178. The predicted molar refractivity (Wildman–Crippen MR) is 167 cm³/mol. The maximum atomic E-state index is 14.3. The molecule has 1 heterocycles. The Morgan fingerprint density at radius 2 is 1.56 bits per heavy atom. The Morgan fingerprint density at radius 1 is 0.930 bits per heavy atom. The topological polar surface area (TPSA) is 105 Å². The fourth-order valence-electron chi connectivity index (χ4n) is 4.66. The van der Waals surface area contributed by atoms with E-state index >= 15 is 0 Å². The first-order valence-electron chi connectivity index (χ1n) is 13.8. The molecule has 0 aromatic heterocycles.